The smallest absolute Gasteiger partial charge is 0.279 e. The molecule has 3 rings (SSSR count). The molecule has 0 fully saturated rings. The van der Waals surface area contributed by atoms with Crippen LogP contribution in [0.4, 0.5) is 0 Å². The molecule has 0 aliphatic carbocycles. The number of rotatable bonds is 5. The van der Waals surface area contributed by atoms with Gasteiger partial charge in [-0.05, 0) is 41.5 Å². The van der Waals surface area contributed by atoms with Crippen molar-refractivity contribution in [1.82, 2.24) is 10.9 Å². The zero-order valence-corrected chi connectivity index (χ0v) is 14.9. The normalized spacial score (nSPS) is 11.9. The van der Waals surface area contributed by atoms with Gasteiger partial charge in [0.15, 0.2) is 6.10 Å². The molecular weight excluding hydrogens is 340 g/mol. The molecule has 0 heterocycles. The topological polar surface area (TPSA) is 67.4 Å². The molecule has 0 saturated carbocycles. The second kappa shape index (κ2) is 8.67. The maximum Gasteiger partial charge on any atom is 0.279 e. The zero-order chi connectivity index (χ0) is 19.1. The van der Waals surface area contributed by atoms with E-state index in [0.29, 0.717) is 5.75 Å². The number of hydrogen-bond acceptors (Lipinski definition) is 3. The third-order valence-electron chi connectivity index (χ3n) is 3.94. The molecule has 3 aromatic carbocycles. The largest absolute Gasteiger partial charge is 0.481 e. The van der Waals surface area contributed by atoms with Crippen LogP contribution in [0.3, 0.4) is 0 Å². The molecule has 0 bridgehead atoms. The number of carbonyl (C=O) groups is 2. The molecule has 2 amide bonds. The summed E-state index contributed by atoms with van der Waals surface area (Å²) in [6, 6.07) is 22.9. The van der Waals surface area contributed by atoms with Crippen molar-refractivity contribution >= 4 is 28.7 Å². The van der Waals surface area contributed by atoms with Gasteiger partial charge in [-0.3, -0.25) is 20.4 Å². The summed E-state index contributed by atoms with van der Waals surface area (Å²) in [5, 5.41) is 2.13. The minimum Gasteiger partial charge on any atom is -0.481 e. The lowest BCUT2D eigenvalue weighted by Gasteiger charge is -2.15. The molecule has 0 spiro atoms. The molecule has 0 saturated heterocycles. The van der Waals surface area contributed by atoms with Crippen molar-refractivity contribution in [3.05, 3.63) is 84.4 Å². The Hall–Kier alpha value is -3.60. The standard InChI is InChI=1S/C22H20N2O3/c1-16(27-20-13-12-18-9-5-6-10-19(18)15-20)22(26)24-23-21(25)14-11-17-7-3-2-4-8-17/h2-16H,1H3,(H,23,25)(H,24,26)/b14-11+/t16-/m1/s1. The Morgan fingerprint density at radius 1 is 0.889 bits per heavy atom. The highest BCUT2D eigenvalue weighted by atomic mass is 16.5. The first-order valence-corrected chi connectivity index (χ1v) is 8.60. The summed E-state index contributed by atoms with van der Waals surface area (Å²) in [6.45, 7) is 1.62. The second-order valence-electron chi connectivity index (χ2n) is 5.99. The van der Waals surface area contributed by atoms with Gasteiger partial charge in [0.2, 0.25) is 0 Å². The molecule has 136 valence electrons. The van der Waals surface area contributed by atoms with E-state index in [0.717, 1.165) is 16.3 Å². The third kappa shape index (κ3) is 5.19. The Morgan fingerprint density at radius 2 is 1.59 bits per heavy atom. The summed E-state index contributed by atoms with van der Waals surface area (Å²) in [7, 11) is 0. The molecule has 0 radical (unpaired) electrons. The molecule has 0 aliphatic rings. The molecule has 1 atom stereocenters. The predicted molar refractivity (Wildman–Crippen MR) is 106 cm³/mol. The van der Waals surface area contributed by atoms with Crippen LogP contribution >= 0.6 is 0 Å². The van der Waals surface area contributed by atoms with Crippen LogP contribution in [0, 0.1) is 0 Å². The van der Waals surface area contributed by atoms with Crippen LogP contribution in [0.5, 0.6) is 5.75 Å². The van der Waals surface area contributed by atoms with Crippen LogP contribution in [0.1, 0.15) is 12.5 Å². The van der Waals surface area contributed by atoms with Gasteiger partial charge in [-0.2, -0.15) is 0 Å². The van der Waals surface area contributed by atoms with Crippen molar-refractivity contribution in [1.29, 1.82) is 0 Å². The summed E-state index contributed by atoms with van der Waals surface area (Å²) in [5.41, 5.74) is 5.60. The first-order chi connectivity index (χ1) is 13.1. The number of fused-ring (bicyclic) bond motifs is 1. The number of nitrogens with one attached hydrogen (secondary N) is 2. The SMILES string of the molecule is C[C@@H](Oc1ccc2ccccc2c1)C(=O)NNC(=O)/C=C/c1ccccc1. The van der Waals surface area contributed by atoms with Gasteiger partial charge >= 0.3 is 0 Å². The molecule has 0 aromatic heterocycles. The van der Waals surface area contributed by atoms with E-state index in [1.807, 2.05) is 72.8 Å². The average Bonchev–Trinajstić information content (AvgIpc) is 2.71. The molecular formula is C22H20N2O3. The molecule has 2 N–H and O–H groups in total. The fourth-order valence-corrected chi connectivity index (χ4v) is 2.50. The van der Waals surface area contributed by atoms with E-state index in [4.69, 9.17) is 4.74 Å². The highest BCUT2D eigenvalue weighted by Crippen LogP contribution is 2.21. The van der Waals surface area contributed by atoms with Crippen molar-refractivity contribution in [2.24, 2.45) is 0 Å². The van der Waals surface area contributed by atoms with Gasteiger partial charge in [0, 0.05) is 6.08 Å². The Morgan fingerprint density at radius 3 is 2.37 bits per heavy atom. The summed E-state index contributed by atoms with van der Waals surface area (Å²) in [5.74, 6) is -0.277. The van der Waals surface area contributed by atoms with Gasteiger partial charge in [0.1, 0.15) is 5.75 Å². The lowest BCUT2D eigenvalue weighted by Crippen LogP contribution is -2.46. The number of ether oxygens (including phenoxy) is 1. The van der Waals surface area contributed by atoms with Gasteiger partial charge in [-0.15, -0.1) is 0 Å². The second-order valence-corrected chi connectivity index (χ2v) is 5.99. The van der Waals surface area contributed by atoms with E-state index in [9.17, 15) is 9.59 Å². The van der Waals surface area contributed by atoms with Crippen molar-refractivity contribution in [3.63, 3.8) is 0 Å². The summed E-state index contributed by atoms with van der Waals surface area (Å²) < 4.78 is 5.66. The van der Waals surface area contributed by atoms with Gasteiger partial charge in [0.25, 0.3) is 11.8 Å². The van der Waals surface area contributed by atoms with Crippen molar-refractivity contribution in [2.45, 2.75) is 13.0 Å². The fraction of sp³-hybridized carbons (Fsp3) is 0.0909. The molecule has 3 aromatic rings. The fourth-order valence-electron chi connectivity index (χ4n) is 2.50. The Kier molecular flexibility index (Phi) is 5.84. The summed E-state index contributed by atoms with van der Waals surface area (Å²) in [4.78, 5) is 23.9. The number of benzene rings is 3. The Bertz CT molecular complexity index is 967. The zero-order valence-electron chi connectivity index (χ0n) is 14.9. The highest BCUT2D eigenvalue weighted by Gasteiger charge is 2.15. The lowest BCUT2D eigenvalue weighted by atomic mass is 10.1. The number of hydrogen-bond donors (Lipinski definition) is 2. The first kappa shape index (κ1) is 18.2. The summed E-state index contributed by atoms with van der Waals surface area (Å²) >= 11 is 0. The highest BCUT2D eigenvalue weighted by molar-refractivity contribution is 5.93. The quantitative estimate of drug-likeness (QED) is 0.541. The number of carbonyl (C=O) groups excluding carboxylic acids is 2. The van der Waals surface area contributed by atoms with Crippen LogP contribution in [0.25, 0.3) is 16.8 Å². The maximum absolute atomic E-state index is 12.1. The van der Waals surface area contributed by atoms with Crippen molar-refractivity contribution < 1.29 is 14.3 Å². The number of hydrazine groups is 1. The summed E-state index contributed by atoms with van der Waals surface area (Å²) in [6.07, 6.45) is 2.26. The van der Waals surface area contributed by atoms with Crippen LogP contribution in [-0.4, -0.2) is 17.9 Å². The molecule has 5 heteroatoms. The van der Waals surface area contributed by atoms with Crippen LogP contribution in [-0.2, 0) is 9.59 Å². The maximum atomic E-state index is 12.1. The van der Waals surface area contributed by atoms with E-state index >= 15 is 0 Å². The average molecular weight is 360 g/mol. The Labute approximate surface area is 157 Å². The van der Waals surface area contributed by atoms with E-state index in [1.54, 1.807) is 13.0 Å². The van der Waals surface area contributed by atoms with Crippen LogP contribution in [0.15, 0.2) is 78.9 Å². The van der Waals surface area contributed by atoms with Crippen molar-refractivity contribution in [2.75, 3.05) is 0 Å². The predicted octanol–water partition coefficient (Wildman–Crippen LogP) is 3.47. The van der Waals surface area contributed by atoms with Gasteiger partial charge in [0.05, 0.1) is 0 Å². The monoisotopic (exact) mass is 360 g/mol. The van der Waals surface area contributed by atoms with E-state index < -0.39 is 17.9 Å². The third-order valence-corrected chi connectivity index (χ3v) is 3.94. The van der Waals surface area contributed by atoms with Gasteiger partial charge < -0.3 is 4.74 Å². The van der Waals surface area contributed by atoms with E-state index in [1.165, 1.54) is 6.08 Å². The van der Waals surface area contributed by atoms with Crippen LogP contribution in [0.2, 0.25) is 0 Å². The molecule has 5 nitrogen and oxygen atoms in total. The van der Waals surface area contributed by atoms with E-state index in [2.05, 4.69) is 10.9 Å². The number of amides is 2. The van der Waals surface area contributed by atoms with E-state index in [-0.39, 0.29) is 0 Å². The first-order valence-electron chi connectivity index (χ1n) is 8.60. The van der Waals surface area contributed by atoms with Gasteiger partial charge in [-0.25, -0.2) is 0 Å². The minimum absolute atomic E-state index is 0.426. The molecule has 27 heavy (non-hydrogen) atoms. The molecule has 0 aliphatic heterocycles. The molecule has 0 unspecified atom stereocenters. The Balaban J connectivity index is 1.51. The lowest BCUT2D eigenvalue weighted by molar-refractivity contribution is -0.131. The minimum atomic E-state index is -0.760. The van der Waals surface area contributed by atoms with Crippen molar-refractivity contribution in [3.8, 4) is 5.75 Å². The van der Waals surface area contributed by atoms with Gasteiger partial charge in [-0.1, -0.05) is 60.7 Å². The van der Waals surface area contributed by atoms with Crippen LogP contribution < -0.4 is 15.6 Å².